The van der Waals surface area contributed by atoms with Gasteiger partial charge in [-0.15, -0.1) is 0 Å². The zero-order valence-electron chi connectivity index (χ0n) is 12.9. The van der Waals surface area contributed by atoms with Crippen molar-refractivity contribution in [2.24, 2.45) is 7.05 Å². The number of imidazole rings is 1. The van der Waals surface area contributed by atoms with Crippen molar-refractivity contribution in [3.63, 3.8) is 0 Å². The second-order valence-electron chi connectivity index (χ2n) is 5.52. The molecule has 7 nitrogen and oxygen atoms in total. The summed E-state index contributed by atoms with van der Waals surface area (Å²) in [4.78, 5) is 18.3. The van der Waals surface area contributed by atoms with Gasteiger partial charge in [-0.3, -0.25) is 4.79 Å². The number of hydrogen-bond donors (Lipinski definition) is 1. The van der Waals surface area contributed by atoms with Crippen LogP contribution in [0.2, 0.25) is 0 Å². The number of carbonyl (C=O) groups excluding carboxylic acids is 1. The van der Waals surface area contributed by atoms with Crippen LogP contribution in [-0.2, 0) is 16.5 Å². The monoisotopic (exact) mass is 296 g/mol. The van der Waals surface area contributed by atoms with Crippen LogP contribution in [0, 0.1) is 0 Å². The molecule has 0 saturated carbocycles. The predicted molar refractivity (Wildman–Crippen MR) is 78.2 cm³/mol. The molecular formula is C14H24N4O3. The number of aryl methyl sites for hydroxylation is 1. The van der Waals surface area contributed by atoms with Crippen LogP contribution >= 0.6 is 0 Å². The van der Waals surface area contributed by atoms with E-state index in [1.54, 1.807) is 24.0 Å². The van der Waals surface area contributed by atoms with Gasteiger partial charge in [0.25, 0.3) is 5.91 Å². The van der Waals surface area contributed by atoms with Gasteiger partial charge in [-0.25, -0.2) is 4.98 Å². The van der Waals surface area contributed by atoms with Crippen LogP contribution in [0.15, 0.2) is 12.4 Å². The number of aromatic nitrogens is 2. The second kappa shape index (κ2) is 7.53. The van der Waals surface area contributed by atoms with E-state index in [-0.39, 0.29) is 18.1 Å². The molecule has 0 spiro atoms. The fraction of sp³-hybridized carbons (Fsp3) is 0.714. The first-order chi connectivity index (χ1) is 10.1. The molecule has 0 aromatic carbocycles. The van der Waals surface area contributed by atoms with E-state index in [4.69, 9.17) is 9.47 Å². The third-order valence-electron chi connectivity index (χ3n) is 3.50. The zero-order valence-corrected chi connectivity index (χ0v) is 12.9. The molecule has 1 fully saturated rings. The molecule has 1 amide bonds. The minimum atomic E-state index is -0.195. The van der Waals surface area contributed by atoms with Gasteiger partial charge in [-0.05, 0) is 20.5 Å². The number of amides is 1. The topological polar surface area (TPSA) is 68.6 Å². The Kier molecular flexibility index (Phi) is 5.72. The molecule has 1 saturated heterocycles. The van der Waals surface area contributed by atoms with Crippen molar-refractivity contribution in [2.75, 3.05) is 40.5 Å². The standard InChI is InChI=1S/C14H24N4O3/c1-17(2)7-9-21-12-4-8-20-10-11(12)16-14(19)13-15-5-6-18(13)3/h5-6,11-12H,4,7-10H2,1-3H3,(H,16,19)/t11-,12+/m0/s1. The fourth-order valence-electron chi connectivity index (χ4n) is 2.26. The Morgan fingerprint density at radius 2 is 2.43 bits per heavy atom. The van der Waals surface area contributed by atoms with E-state index >= 15 is 0 Å². The molecule has 118 valence electrons. The van der Waals surface area contributed by atoms with Gasteiger partial charge >= 0.3 is 0 Å². The summed E-state index contributed by atoms with van der Waals surface area (Å²) in [7, 11) is 5.81. The maximum Gasteiger partial charge on any atom is 0.287 e. The first-order valence-electron chi connectivity index (χ1n) is 7.20. The summed E-state index contributed by atoms with van der Waals surface area (Å²) in [5, 5.41) is 2.96. The van der Waals surface area contributed by atoms with Crippen molar-refractivity contribution in [3.8, 4) is 0 Å². The van der Waals surface area contributed by atoms with E-state index in [1.807, 2.05) is 14.1 Å². The molecule has 2 atom stereocenters. The molecule has 0 aliphatic carbocycles. The first-order valence-corrected chi connectivity index (χ1v) is 7.20. The lowest BCUT2D eigenvalue weighted by molar-refractivity contribution is -0.0562. The van der Waals surface area contributed by atoms with Crippen LogP contribution in [0.5, 0.6) is 0 Å². The van der Waals surface area contributed by atoms with Crippen LogP contribution in [-0.4, -0.2) is 73.0 Å². The van der Waals surface area contributed by atoms with Crippen LogP contribution in [0.3, 0.4) is 0 Å². The molecule has 0 unspecified atom stereocenters. The largest absolute Gasteiger partial charge is 0.379 e. The third-order valence-corrected chi connectivity index (χ3v) is 3.50. The number of nitrogens with zero attached hydrogens (tertiary/aromatic N) is 3. The molecule has 0 radical (unpaired) electrons. The number of rotatable bonds is 6. The van der Waals surface area contributed by atoms with Crippen molar-refractivity contribution in [2.45, 2.75) is 18.6 Å². The Labute approximate surface area is 125 Å². The van der Waals surface area contributed by atoms with E-state index in [9.17, 15) is 4.79 Å². The smallest absolute Gasteiger partial charge is 0.287 e. The highest BCUT2D eigenvalue weighted by molar-refractivity contribution is 5.91. The Bertz CT molecular complexity index is 461. The van der Waals surface area contributed by atoms with Crippen molar-refractivity contribution < 1.29 is 14.3 Å². The summed E-state index contributed by atoms with van der Waals surface area (Å²) in [5.41, 5.74) is 0. The average Bonchev–Trinajstić information content (AvgIpc) is 2.86. The van der Waals surface area contributed by atoms with Crippen molar-refractivity contribution in [1.82, 2.24) is 19.8 Å². The van der Waals surface area contributed by atoms with Gasteiger partial charge in [0.05, 0.1) is 25.4 Å². The lowest BCUT2D eigenvalue weighted by atomic mass is 10.1. The minimum Gasteiger partial charge on any atom is -0.379 e. The number of nitrogens with one attached hydrogen (secondary N) is 1. The van der Waals surface area contributed by atoms with E-state index in [1.165, 1.54) is 0 Å². The van der Waals surface area contributed by atoms with Crippen LogP contribution in [0.25, 0.3) is 0 Å². The van der Waals surface area contributed by atoms with Gasteiger partial charge in [-0.2, -0.15) is 0 Å². The normalized spacial score (nSPS) is 22.5. The highest BCUT2D eigenvalue weighted by Gasteiger charge is 2.29. The highest BCUT2D eigenvalue weighted by Crippen LogP contribution is 2.12. The minimum absolute atomic E-state index is 0.0112. The van der Waals surface area contributed by atoms with Crippen LogP contribution in [0.1, 0.15) is 17.0 Å². The van der Waals surface area contributed by atoms with E-state index < -0.39 is 0 Å². The Morgan fingerprint density at radius 1 is 1.62 bits per heavy atom. The number of carbonyl (C=O) groups is 1. The van der Waals surface area contributed by atoms with Gasteiger partial charge in [0.1, 0.15) is 0 Å². The fourth-order valence-corrected chi connectivity index (χ4v) is 2.26. The summed E-state index contributed by atoms with van der Waals surface area (Å²) in [6, 6.07) is -0.134. The SMILES string of the molecule is CN(C)CCO[C@@H]1CCOC[C@@H]1NC(=O)c1nccn1C. The van der Waals surface area contributed by atoms with Gasteiger partial charge in [0.2, 0.25) is 0 Å². The molecule has 1 aromatic heterocycles. The van der Waals surface area contributed by atoms with Crippen molar-refractivity contribution in [1.29, 1.82) is 0 Å². The molecule has 2 rings (SSSR count). The Balaban J connectivity index is 1.89. The van der Waals surface area contributed by atoms with Gasteiger partial charge < -0.3 is 24.3 Å². The van der Waals surface area contributed by atoms with E-state index in [0.29, 0.717) is 25.6 Å². The van der Waals surface area contributed by atoms with Gasteiger partial charge in [0, 0.05) is 32.6 Å². The van der Waals surface area contributed by atoms with E-state index in [2.05, 4.69) is 15.2 Å². The lowest BCUT2D eigenvalue weighted by Crippen LogP contribution is -2.51. The zero-order chi connectivity index (χ0) is 15.2. The molecule has 2 heterocycles. The average molecular weight is 296 g/mol. The van der Waals surface area contributed by atoms with Gasteiger partial charge in [-0.1, -0.05) is 0 Å². The quantitative estimate of drug-likeness (QED) is 0.793. The Morgan fingerprint density at radius 3 is 3.10 bits per heavy atom. The summed E-state index contributed by atoms with van der Waals surface area (Å²) < 4.78 is 13.0. The maximum atomic E-state index is 12.2. The molecule has 21 heavy (non-hydrogen) atoms. The molecule has 0 bridgehead atoms. The molecule has 7 heteroatoms. The van der Waals surface area contributed by atoms with Crippen molar-refractivity contribution in [3.05, 3.63) is 18.2 Å². The van der Waals surface area contributed by atoms with Crippen molar-refractivity contribution >= 4 is 5.91 Å². The predicted octanol–water partition coefficient (Wildman–Crippen LogP) is -0.114. The van der Waals surface area contributed by atoms with Gasteiger partial charge in [0.15, 0.2) is 5.82 Å². The van der Waals surface area contributed by atoms with Crippen LogP contribution in [0.4, 0.5) is 0 Å². The highest BCUT2D eigenvalue weighted by atomic mass is 16.5. The summed E-state index contributed by atoms with van der Waals surface area (Å²) in [5.74, 6) is 0.201. The maximum absolute atomic E-state index is 12.2. The number of ether oxygens (including phenoxy) is 2. The summed E-state index contributed by atoms with van der Waals surface area (Å²) in [6.07, 6.45) is 4.14. The first kappa shape index (κ1) is 15.9. The molecule has 1 N–H and O–H groups in total. The summed E-state index contributed by atoms with van der Waals surface area (Å²) in [6.45, 7) is 2.65. The molecule has 1 aliphatic heterocycles. The second-order valence-corrected chi connectivity index (χ2v) is 5.52. The summed E-state index contributed by atoms with van der Waals surface area (Å²) >= 11 is 0. The number of likely N-dealkylation sites (N-methyl/N-ethyl adjacent to an activating group) is 1. The molecule has 1 aliphatic rings. The molecule has 1 aromatic rings. The van der Waals surface area contributed by atoms with Crippen LogP contribution < -0.4 is 5.32 Å². The molecular weight excluding hydrogens is 272 g/mol. The Hall–Kier alpha value is -1.44. The third kappa shape index (κ3) is 4.52. The number of hydrogen-bond acceptors (Lipinski definition) is 5. The lowest BCUT2D eigenvalue weighted by Gasteiger charge is -2.32. The van der Waals surface area contributed by atoms with E-state index in [0.717, 1.165) is 13.0 Å².